The summed E-state index contributed by atoms with van der Waals surface area (Å²) in [6.07, 6.45) is 4.72. The van der Waals surface area contributed by atoms with Gasteiger partial charge in [-0.2, -0.15) is 0 Å². The quantitative estimate of drug-likeness (QED) is 0.502. The molecule has 0 spiro atoms. The molecule has 0 aliphatic heterocycles. The van der Waals surface area contributed by atoms with Crippen molar-refractivity contribution in [1.82, 2.24) is 14.9 Å². The molecule has 1 aliphatic carbocycles. The summed E-state index contributed by atoms with van der Waals surface area (Å²) < 4.78 is 0. The van der Waals surface area contributed by atoms with Crippen LogP contribution in [0.5, 0.6) is 0 Å². The number of anilines is 1. The fourth-order valence-corrected chi connectivity index (χ4v) is 5.43. The van der Waals surface area contributed by atoms with Crippen LogP contribution in [0.3, 0.4) is 0 Å². The SMILES string of the molecule is CC(=C(CCO)SC(=O)c1ccc2c(c1)C(C)(C)CCC2(C)C)N(C=O)Cc1cnc(C)nc1N. The third-order valence-electron chi connectivity index (χ3n) is 6.96. The summed E-state index contributed by atoms with van der Waals surface area (Å²) in [6, 6.07) is 6.01. The molecule has 3 N–H and O–H groups in total. The van der Waals surface area contributed by atoms with Gasteiger partial charge in [0, 0.05) is 41.0 Å². The number of hydrogen-bond donors (Lipinski definition) is 2. The monoisotopic (exact) mass is 496 g/mol. The number of aliphatic hydroxyl groups is 1. The second kappa shape index (κ2) is 10.5. The van der Waals surface area contributed by atoms with Gasteiger partial charge < -0.3 is 15.7 Å². The van der Waals surface area contributed by atoms with Gasteiger partial charge in [-0.05, 0) is 66.5 Å². The molecular formula is C27H36N4O3S. The van der Waals surface area contributed by atoms with Crippen molar-refractivity contribution in [3.05, 3.63) is 63.1 Å². The summed E-state index contributed by atoms with van der Waals surface area (Å²) in [6.45, 7) is 12.5. The molecule has 3 rings (SSSR count). The Morgan fingerprint density at radius 2 is 1.86 bits per heavy atom. The van der Waals surface area contributed by atoms with E-state index in [-0.39, 0.29) is 35.5 Å². The number of carbonyl (C=O) groups excluding carboxylic acids is 2. The molecule has 1 aromatic heterocycles. The molecule has 0 saturated heterocycles. The number of allylic oxidation sites excluding steroid dienone is 1. The average Bonchev–Trinajstić information content (AvgIpc) is 2.80. The Labute approximate surface area is 212 Å². The minimum atomic E-state index is -0.138. The number of benzene rings is 1. The molecule has 7 nitrogen and oxygen atoms in total. The largest absolute Gasteiger partial charge is 0.396 e. The maximum absolute atomic E-state index is 13.4. The highest BCUT2D eigenvalue weighted by atomic mass is 32.2. The molecule has 1 aromatic carbocycles. The van der Waals surface area contributed by atoms with Crippen molar-refractivity contribution in [3.8, 4) is 0 Å². The number of aliphatic hydroxyl groups excluding tert-OH is 1. The summed E-state index contributed by atoms with van der Waals surface area (Å²) >= 11 is 1.06. The van der Waals surface area contributed by atoms with E-state index in [2.05, 4.69) is 43.7 Å². The Morgan fingerprint density at radius 1 is 1.20 bits per heavy atom. The van der Waals surface area contributed by atoms with Crippen molar-refractivity contribution in [2.45, 2.75) is 78.2 Å². The minimum Gasteiger partial charge on any atom is -0.396 e. The molecule has 0 atom stereocenters. The molecule has 188 valence electrons. The minimum absolute atomic E-state index is 0.00412. The molecule has 35 heavy (non-hydrogen) atoms. The fourth-order valence-electron chi connectivity index (χ4n) is 4.51. The lowest BCUT2D eigenvalue weighted by atomic mass is 9.63. The highest BCUT2D eigenvalue weighted by Crippen LogP contribution is 2.46. The molecule has 0 fully saturated rings. The lowest BCUT2D eigenvalue weighted by Crippen LogP contribution is -2.34. The highest BCUT2D eigenvalue weighted by Gasteiger charge is 2.37. The van der Waals surface area contributed by atoms with Gasteiger partial charge >= 0.3 is 0 Å². The second-order valence-corrected chi connectivity index (χ2v) is 11.5. The van der Waals surface area contributed by atoms with Crippen LogP contribution in [0.4, 0.5) is 5.82 Å². The summed E-state index contributed by atoms with van der Waals surface area (Å²) in [5.74, 6) is 0.860. The first-order chi connectivity index (χ1) is 16.4. The van der Waals surface area contributed by atoms with Gasteiger partial charge in [-0.1, -0.05) is 39.8 Å². The van der Waals surface area contributed by atoms with E-state index >= 15 is 0 Å². The summed E-state index contributed by atoms with van der Waals surface area (Å²) in [4.78, 5) is 35.7. The van der Waals surface area contributed by atoms with Crippen LogP contribution >= 0.6 is 11.8 Å². The standard InChI is InChI=1S/C27H36N4O3S/c1-17(31(16-33)15-20-14-29-18(2)30-24(20)28)23(9-12-32)35-25(34)19-7-8-21-22(13-19)27(5,6)11-10-26(21,3)4/h7-8,13-14,16,32H,9-12,15H2,1-6H3,(H2,28,29,30). The third kappa shape index (κ3) is 5.93. The molecule has 0 radical (unpaired) electrons. The van der Waals surface area contributed by atoms with Crippen molar-refractivity contribution in [1.29, 1.82) is 0 Å². The molecule has 1 amide bonds. The van der Waals surface area contributed by atoms with E-state index in [1.807, 2.05) is 12.1 Å². The Morgan fingerprint density at radius 3 is 2.46 bits per heavy atom. The fraction of sp³-hybridized carbons (Fsp3) is 0.481. The number of nitrogens with two attached hydrogens (primary N) is 1. The molecule has 2 aromatic rings. The first-order valence-electron chi connectivity index (χ1n) is 11.9. The highest BCUT2D eigenvalue weighted by molar-refractivity contribution is 8.17. The summed E-state index contributed by atoms with van der Waals surface area (Å²) in [5.41, 5.74) is 10.4. The number of nitrogen functional groups attached to an aromatic ring is 1. The van der Waals surface area contributed by atoms with Gasteiger partial charge in [-0.25, -0.2) is 9.97 Å². The maximum Gasteiger partial charge on any atom is 0.223 e. The lowest BCUT2D eigenvalue weighted by molar-refractivity contribution is -0.116. The van der Waals surface area contributed by atoms with Gasteiger partial charge in [0.2, 0.25) is 11.5 Å². The molecule has 1 aliphatic rings. The molecule has 0 unspecified atom stereocenters. The average molecular weight is 497 g/mol. The third-order valence-corrected chi connectivity index (χ3v) is 8.13. The maximum atomic E-state index is 13.4. The zero-order valence-electron chi connectivity index (χ0n) is 21.5. The van der Waals surface area contributed by atoms with Gasteiger partial charge in [0.25, 0.3) is 0 Å². The number of aromatic nitrogens is 2. The van der Waals surface area contributed by atoms with E-state index in [0.717, 1.165) is 24.6 Å². The molecule has 0 saturated carbocycles. The van der Waals surface area contributed by atoms with Crippen molar-refractivity contribution in [3.63, 3.8) is 0 Å². The van der Waals surface area contributed by atoms with Crippen molar-refractivity contribution < 1.29 is 14.7 Å². The molecule has 8 heteroatoms. The number of carbonyl (C=O) groups is 2. The van der Waals surface area contributed by atoms with E-state index in [9.17, 15) is 14.7 Å². The van der Waals surface area contributed by atoms with E-state index in [4.69, 9.17) is 5.73 Å². The summed E-state index contributed by atoms with van der Waals surface area (Å²) in [5, 5.41) is 9.55. The van der Waals surface area contributed by atoms with Crippen LogP contribution in [0.25, 0.3) is 0 Å². The Hall–Kier alpha value is -2.71. The zero-order valence-corrected chi connectivity index (χ0v) is 22.3. The molecule has 0 bridgehead atoms. The van der Waals surface area contributed by atoms with Gasteiger partial charge in [-0.3, -0.25) is 9.59 Å². The predicted molar refractivity (Wildman–Crippen MR) is 141 cm³/mol. The summed E-state index contributed by atoms with van der Waals surface area (Å²) in [7, 11) is 0. The number of fused-ring (bicyclic) bond motifs is 1. The van der Waals surface area contributed by atoms with Crippen molar-refractivity contribution in [2.75, 3.05) is 12.3 Å². The van der Waals surface area contributed by atoms with Crippen LogP contribution < -0.4 is 5.73 Å². The van der Waals surface area contributed by atoms with E-state index in [1.165, 1.54) is 16.0 Å². The Kier molecular flexibility index (Phi) is 8.07. The van der Waals surface area contributed by atoms with Crippen molar-refractivity contribution in [2.24, 2.45) is 0 Å². The smallest absolute Gasteiger partial charge is 0.223 e. The van der Waals surface area contributed by atoms with Gasteiger partial charge in [0.15, 0.2) is 0 Å². The van der Waals surface area contributed by atoms with Crippen LogP contribution in [0, 0.1) is 6.92 Å². The van der Waals surface area contributed by atoms with E-state index < -0.39 is 0 Å². The van der Waals surface area contributed by atoms with Gasteiger partial charge in [-0.15, -0.1) is 0 Å². The lowest BCUT2D eigenvalue weighted by Gasteiger charge is -2.42. The number of thioether (sulfide) groups is 1. The van der Waals surface area contributed by atoms with E-state index in [1.54, 1.807) is 20.0 Å². The van der Waals surface area contributed by atoms with Crippen LogP contribution in [-0.4, -0.2) is 38.1 Å². The zero-order chi connectivity index (χ0) is 26.0. The van der Waals surface area contributed by atoms with Crippen LogP contribution in [0.1, 0.15) is 86.8 Å². The van der Waals surface area contributed by atoms with Crippen LogP contribution in [0.2, 0.25) is 0 Å². The second-order valence-electron chi connectivity index (χ2n) is 10.5. The topological polar surface area (TPSA) is 109 Å². The first kappa shape index (κ1) is 26.9. The van der Waals surface area contributed by atoms with Crippen LogP contribution in [0.15, 0.2) is 35.0 Å². The number of rotatable bonds is 8. The molecular weight excluding hydrogens is 460 g/mol. The number of nitrogens with zero attached hydrogens (tertiary/aromatic N) is 3. The normalized spacial score (nSPS) is 16.8. The first-order valence-corrected chi connectivity index (χ1v) is 12.7. The Balaban J connectivity index is 1.90. The van der Waals surface area contributed by atoms with E-state index in [0.29, 0.717) is 39.8 Å². The number of amides is 1. The Bertz CT molecular complexity index is 1160. The predicted octanol–water partition coefficient (Wildman–Crippen LogP) is 4.86. The van der Waals surface area contributed by atoms with Crippen LogP contribution in [-0.2, 0) is 22.2 Å². The number of hydrogen-bond acceptors (Lipinski definition) is 7. The van der Waals surface area contributed by atoms with Gasteiger partial charge in [0.05, 0.1) is 6.54 Å². The number of aryl methyl sites for hydroxylation is 1. The van der Waals surface area contributed by atoms with Crippen molar-refractivity contribution >= 4 is 29.1 Å². The van der Waals surface area contributed by atoms with Gasteiger partial charge in [0.1, 0.15) is 11.6 Å². The molecule has 1 heterocycles.